The predicted octanol–water partition coefficient (Wildman–Crippen LogP) is 2.62. The number of nitrogens with two attached hydrogens (primary N) is 1. The molecule has 0 amide bonds. The molecule has 0 heterocycles. The third-order valence-electron chi connectivity index (χ3n) is 2.16. The van der Waals surface area contributed by atoms with E-state index < -0.39 is 0 Å². The summed E-state index contributed by atoms with van der Waals surface area (Å²) in [5.41, 5.74) is 6.16. The predicted molar refractivity (Wildman–Crippen MR) is 61.3 cm³/mol. The standard InChI is InChI=1S/C11H14BrNO/c1-8(5-6-13)11(14)9-3-2-4-10(12)7-9/h2-4,7-8H,5-6,13H2,1H3. The third-order valence-corrected chi connectivity index (χ3v) is 2.65. The van der Waals surface area contributed by atoms with Crippen LogP contribution in [-0.4, -0.2) is 12.3 Å². The Morgan fingerprint density at radius 2 is 2.29 bits per heavy atom. The lowest BCUT2D eigenvalue weighted by atomic mass is 9.97. The van der Waals surface area contributed by atoms with E-state index in [1.165, 1.54) is 0 Å². The summed E-state index contributed by atoms with van der Waals surface area (Å²) >= 11 is 3.34. The van der Waals surface area contributed by atoms with E-state index in [0.29, 0.717) is 6.54 Å². The number of benzene rings is 1. The van der Waals surface area contributed by atoms with E-state index in [1.54, 1.807) is 0 Å². The molecule has 0 saturated carbocycles. The molecule has 0 bridgehead atoms. The molecule has 0 radical (unpaired) electrons. The van der Waals surface area contributed by atoms with Crippen molar-refractivity contribution in [2.24, 2.45) is 11.7 Å². The van der Waals surface area contributed by atoms with Gasteiger partial charge >= 0.3 is 0 Å². The number of carbonyl (C=O) groups is 1. The van der Waals surface area contributed by atoms with Crippen LogP contribution in [0.3, 0.4) is 0 Å². The lowest BCUT2D eigenvalue weighted by Crippen LogP contribution is -2.15. The number of halogens is 1. The molecule has 1 unspecified atom stereocenters. The smallest absolute Gasteiger partial charge is 0.165 e. The zero-order valence-electron chi connectivity index (χ0n) is 8.16. The highest BCUT2D eigenvalue weighted by Crippen LogP contribution is 2.16. The minimum Gasteiger partial charge on any atom is -0.330 e. The van der Waals surface area contributed by atoms with Crippen LogP contribution in [0.15, 0.2) is 28.7 Å². The fraction of sp³-hybridized carbons (Fsp3) is 0.364. The Hall–Kier alpha value is -0.670. The molecule has 1 rings (SSSR count). The largest absolute Gasteiger partial charge is 0.330 e. The Morgan fingerprint density at radius 1 is 1.57 bits per heavy atom. The van der Waals surface area contributed by atoms with Crippen LogP contribution in [-0.2, 0) is 0 Å². The second-order valence-electron chi connectivity index (χ2n) is 3.35. The molecular formula is C11H14BrNO. The van der Waals surface area contributed by atoms with Crippen LogP contribution in [0.4, 0.5) is 0 Å². The second-order valence-corrected chi connectivity index (χ2v) is 4.27. The second kappa shape index (κ2) is 5.27. The fourth-order valence-electron chi connectivity index (χ4n) is 1.31. The topological polar surface area (TPSA) is 43.1 Å². The van der Waals surface area contributed by atoms with E-state index in [2.05, 4.69) is 15.9 Å². The van der Waals surface area contributed by atoms with Gasteiger partial charge in [-0.15, -0.1) is 0 Å². The first-order valence-corrected chi connectivity index (χ1v) is 5.44. The van der Waals surface area contributed by atoms with Crippen molar-refractivity contribution in [3.8, 4) is 0 Å². The molecule has 0 aliphatic heterocycles. The number of Topliss-reactive ketones (excluding diaryl/α,β-unsaturated/α-hetero) is 1. The Morgan fingerprint density at radius 3 is 2.86 bits per heavy atom. The average molecular weight is 256 g/mol. The van der Waals surface area contributed by atoms with Gasteiger partial charge in [0.1, 0.15) is 0 Å². The molecule has 14 heavy (non-hydrogen) atoms. The number of hydrogen-bond acceptors (Lipinski definition) is 2. The highest BCUT2D eigenvalue weighted by molar-refractivity contribution is 9.10. The Balaban J connectivity index is 2.78. The first-order chi connectivity index (χ1) is 6.65. The number of hydrogen-bond donors (Lipinski definition) is 1. The van der Waals surface area contributed by atoms with Crippen molar-refractivity contribution < 1.29 is 4.79 Å². The van der Waals surface area contributed by atoms with Gasteiger partial charge in [-0.05, 0) is 25.1 Å². The van der Waals surface area contributed by atoms with Gasteiger partial charge in [0.25, 0.3) is 0 Å². The van der Waals surface area contributed by atoms with Crippen LogP contribution in [0.25, 0.3) is 0 Å². The SMILES string of the molecule is CC(CCN)C(=O)c1cccc(Br)c1. The van der Waals surface area contributed by atoms with Crippen molar-refractivity contribution in [1.29, 1.82) is 0 Å². The van der Waals surface area contributed by atoms with Crippen LogP contribution in [0.5, 0.6) is 0 Å². The summed E-state index contributed by atoms with van der Waals surface area (Å²) in [7, 11) is 0. The average Bonchev–Trinajstić information content (AvgIpc) is 2.17. The van der Waals surface area contributed by atoms with Gasteiger partial charge in [0.05, 0.1) is 0 Å². The van der Waals surface area contributed by atoms with Crippen molar-refractivity contribution >= 4 is 21.7 Å². The van der Waals surface area contributed by atoms with Crippen molar-refractivity contribution in [3.05, 3.63) is 34.3 Å². The van der Waals surface area contributed by atoms with Crippen LogP contribution < -0.4 is 5.73 Å². The molecule has 1 aromatic rings. The van der Waals surface area contributed by atoms with Crippen LogP contribution in [0, 0.1) is 5.92 Å². The lowest BCUT2D eigenvalue weighted by molar-refractivity contribution is 0.0925. The first-order valence-electron chi connectivity index (χ1n) is 4.65. The van der Waals surface area contributed by atoms with Gasteiger partial charge in [0.2, 0.25) is 0 Å². The Labute approximate surface area is 92.6 Å². The maximum Gasteiger partial charge on any atom is 0.165 e. The molecule has 3 heteroatoms. The van der Waals surface area contributed by atoms with Gasteiger partial charge in [-0.3, -0.25) is 4.79 Å². The molecule has 2 nitrogen and oxygen atoms in total. The normalized spacial score (nSPS) is 12.5. The van der Waals surface area contributed by atoms with Crippen LogP contribution in [0.2, 0.25) is 0 Å². The number of carbonyl (C=O) groups excluding carboxylic acids is 1. The molecule has 0 aliphatic rings. The first kappa shape index (κ1) is 11.4. The van der Waals surface area contributed by atoms with Gasteiger partial charge in [-0.1, -0.05) is 35.0 Å². The third kappa shape index (κ3) is 2.93. The van der Waals surface area contributed by atoms with Gasteiger partial charge in [0, 0.05) is 16.0 Å². The maximum absolute atomic E-state index is 11.8. The summed E-state index contributed by atoms with van der Waals surface area (Å²) in [6, 6.07) is 7.45. The Bertz CT molecular complexity index is 325. The van der Waals surface area contributed by atoms with E-state index in [0.717, 1.165) is 16.5 Å². The van der Waals surface area contributed by atoms with Gasteiger partial charge in [-0.25, -0.2) is 0 Å². The molecule has 1 atom stereocenters. The summed E-state index contributed by atoms with van der Waals surface area (Å²) in [6.45, 7) is 2.47. The summed E-state index contributed by atoms with van der Waals surface area (Å²) in [6.07, 6.45) is 0.741. The van der Waals surface area contributed by atoms with Gasteiger partial charge in [-0.2, -0.15) is 0 Å². The minimum atomic E-state index is 0.00861. The van der Waals surface area contributed by atoms with E-state index in [4.69, 9.17) is 5.73 Å². The summed E-state index contributed by atoms with van der Waals surface area (Å²) in [5.74, 6) is 0.172. The quantitative estimate of drug-likeness (QED) is 0.841. The lowest BCUT2D eigenvalue weighted by Gasteiger charge is -2.08. The summed E-state index contributed by atoms with van der Waals surface area (Å²) in [4.78, 5) is 11.8. The maximum atomic E-state index is 11.8. The number of rotatable bonds is 4. The van der Waals surface area contributed by atoms with E-state index in [-0.39, 0.29) is 11.7 Å². The van der Waals surface area contributed by atoms with Crippen LogP contribution >= 0.6 is 15.9 Å². The molecule has 0 spiro atoms. The van der Waals surface area contributed by atoms with Crippen LogP contribution in [0.1, 0.15) is 23.7 Å². The van der Waals surface area contributed by atoms with Crippen molar-refractivity contribution in [2.45, 2.75) is 13.3 Å². The highest BCUT2D eigenvalue weighted by atomic mass is 79.9. The molecular weight excluding hydrogens is 242 g/mol. The molecule has 2 N–H and O–H groups in total. The molecule has 0 fully saturated rings. The van der Waals surface area contributed by atoms with E-state index in [9.17, 15) is 4.79 Å². The molecule has 0 aromatic heterocycles. The monoisotopic (exact) mass is 255 g/mol. The van der Waals surface area contributed by atoms with Crippen molar-refractivity contribution in [3.63, 3.8) is 0 Å². The Kier molecular flexibility index (Phi) is 4.29. The van der Waals surface area contributed by atoms with E-state index in [1.807, 2.05) is 31.2 Å². The fourth-order valence-corrected chi connectivity index (χ4v) is 1.71. The minimum absolute atomic E-state index is 0.00861. The number of ketones is 1. The van der Waals surface area contributed by atoms with Crippen molar-refractivity contribution in [1.82, 2.24) is 0 Å². The summed E-state index contributed by atoms with van der Waals surface area (Å²) < 4.78 is 0.934. The summed E-state index contributed by atoms with van der Waals surface area (Å²) in [5, 5.41) is 0. The highest BCUT2D eigenvalue weighted by Gasteiger charge is 2.13. The molecule has 1 aromatic carbocycles. The molecule has 76 valence electrons. The van der Waals surface area contributed by atoms with Gasteiger partial charge in [0.15, 0.2) is 5.78 Å². The zero-order valence-corrected chi connectivity index (χ0v) is 9.75. The van der Waals surface area contributed by atoms with E-state index >= 15 is 0 Å². The zero-order chi connectivity index (χ0) is 10.6. The molecule has 0 aliphatic carbocycles. The molecule has 0 saturated heterocycles. The van der Waals surface area contributed by atoms with Gasteiger partial charge < -0.3 is 5.73 Å². The van der Waals surface area contributed by atoms with Crippen molar-refractivity contribution in [2.75, 3.05) is 6.54 Å².